The van der Waals surface area contributed by atoms with Crippen LogP contribution in [0.2, 0.25) is 0 Å². The predicted octanol–water partition coefficient (Wildman–Crippen LogP) is 3.72. The van der Waals surface area contributed by atoms with E-state index in [1.807, 2.05) is 43.3 Å². The Labute approximate surface area is 151 Å². The molecule has 0 saturated heterocycles. The number of ether oxygens (including phenoxy) is 1. The fourth-order valence-corrected chi connectivity index (χ4v) is 3.97. The number of hydrogen-bond acceptors (Lipinski definition) is 3. The monoisotopic (exact) mass is 354 g/mol. The minimum atomic E-state index is -0.124. The number of aromatic nitrogens is 1. The van der Waals surface area contributed by atoms with Gasteiger partial charge >= 0.3 is 0 Å². The first-order valence-electron chi connectivity index (χ1n) is 8.47. The fraction of sp³-hybridized carbons (Fsp3) is 0.300. The smallest absolute Gasteiger partial charge is 0.252 e. The Morgan fingerprint density at radius 1 is 1.16 bits per heavy atom. The summed E-state index contributed by atoms with van der Waals surface area (Å²) < 4.78 is 8.75. The molecule has 1 heterocycles. The van der Waals surface area contributed by atoms with Gasteiger partial charge in [-0.2, -0.15) is 4.99 Å². The van der Waals surface area contributed by atoms with E-state index in [0.29, 0.717) is 26.2 Å². The molecule has 3 rings (SSSR count). The van der Waals surface area contributed by atoms with Gasteiger partial charge in [-0.25, -0.2) is 0 Å². The Morgan fingerprint density at radius 2 is 1.96 bits per heavy atom. The third-order valence-electron chi connectivity index (χ3n) is 3.98. The maximum atomic E-state index is 12.4. The van der Waals surface area contributed by atoms with Crippen LogP contribution in [0.25, 0.3) is 10.2 Å². The zero-order chi connectivity index (χ0) is 17.6. The van der Waals surface area contributed by atoms with E-state index in [1.54, 1.807) is 11.3 Å². The summed E-state index contributed by atoms with van der Waals surface area (Å²) in [6.45, 7) is 6.05. The maximum absolute atomic E-state index is 12.4. The van der Waals surface area contributed by atoms with Crippen molar-refractivity contribution >= 4 is 27.5 Å². The average molecular weight is 354 g/mol. The van der Waals surface area contributed by atoms with Crippen molar-refractivity contribution in [3.05, 3.63) is 64.5 Å². The SMILES string of the molecule is CCOCCn1c(=NC(=O)Cc2ccccc2)sc2cccc(C)c21. The van der Waals surface area contributed by atoms with Crippen LogP contribution in [-0.2, 0) is 22.5 Å². The van der Waals surface area contributed by atoms with Gasteiger partial charge in [0.1, 0.15) is 0 Å². The molecule has 2 aromatic carbocycles. The Kier molecular flexibility index (Phi) is 5.79. The largest absolute Gasteiger partial charge is 0.380 e. The van der Waals surface area contributed by atoms with E-state index in [4.69, 9.17) is 4.74 Å². The minimum absolute atomic E-state index is 0.124. The molecule has 4 nitrogen and oxygen atoms in total. The second-order valence-electron chi connectivity index (χ2n) is 5.82. The molecule has 0 aliphatic carbocycles. The van der Waals surface area contributed by atoms with Crippen LogP contribution in [0.1, 0.15) is 18.1 Å². The van der Waals surface area contributed by atoms with Gasteiger partial charge < -0.3 is 9.30 Å². The average Bonchev–Trinajstić information content (AvgIpc) is 2.94. The number of rotatable bonds is 6. The second kappa shape index (κ2) is 8.23. The number of para-hydroxylation sites is 1. The number of aryl methyl sites for hydroxylation is 1. The van der Waals surface area contributed by atoms with Crippen molar-refractivity contribution in [3.63, 3.8) is 0 Å². The van der Waals surface area contributed by atoms with E-state index in [-0.39, 0.29) is 5.91 Å². The third kappa shape index (κ3) is 4.24. The number of thiazole rings is 1. The first-order chi connectivity index (χ1) is 12.2. The molecule has 0 aliphatic heterocycles. The van der Waals surface area contributed by atoms with Crippen LogP contribution in [0.5, 0.6) is 0 Å². The number of hydrogen-bond donors (Lipinski definition) is 0. The van der Waals surface area contributed by atoms with E-state index in [0.717, 1.165) is 20.6 Å². The Hall–Kier alpha value is -2.24. The lowest BCUT2D eigenvalue weighted by Crippen LogP contribution is -2.20. The molecule has 0 unspecified atom stereocenters. The lowest BCUT2D eigenvalue weighted by Gasteiger charge is -2.07. The van der Waals surface area contributed by atoms with Gasteiger partial charge in [0, 0.05) is 13.2 Å². The van der Waals surface area contributed by atoms with Crippen molar-refractivity contribution in [3.8, 4) is 0 Å². The summed E-state index contributed by atoms with van der Waals surface area (Å²) in [4.78, 5) is 17.6. The van der Waals surface area contributed by atoms with Crippen molar-refractivity contribution in [2.24, 2.45) is 4.99 Å². The molecule has 0 N–H and O–H groups in total. The molecular weight excluding hydrogens is 332 g/mol. The van der Waals surface area contributed by atoms with Crippen LogP contribution in [-0.4, -0.2) is 23.7 Å². The molecule has 0 aliphatic rings. The highest BCUT2D eigenvalue weighted by molar-refractivity contribution is 7.16. The Bertz CT molecular complexity index is 926. The van der Waals surface area contributed by atoms with Crippen molar-refractivity contribution in [1.82, 2.24) is 4.57 Å². The summed E-state index contributed by atoms with van der Waals surface area (Å²) in [6.07, 6.45) is 0.319. The third-order valence-corrected chi connectivity index (χ3v) is 5.03. The summed E-state index contributed by atoms with van der Waals surface area (Å²) in [5, 5.41) is 0. The van der Waals surface area contributed by atoms with Crippen molar-refractivity contribution in [2.75, 3.05) is 13.2 Å². The lowest BCUT2D eigenvalue weighted by molar-refractivity contribution is -0.117. The number of carbonyl (C=O) groups excluding carboxylic acids is 1. The second-order valence-corrected chi connectivity index (χ2v) is 6.83. The molecule has 0 fully saturated rings. The zero-order valence-corrected chi connectivity index (χ0v) is 15.4. The Morgan fingerprint density at radius 3 is 2.72 bits per heavy atom. The van der Waals surface area contributed by atoms with Gasteiger partial charge in [0.05, 0.1) is 23.2 Å². The van der Waals surface area contributed by atoms with E-state index < -0.39 is 0 Å². The molecule has 0 bridgehead atoms. The molecule has 25 heavy (non-hydrogen) atoms. The quantitative estimate of drug-likeness (QED) is 0.633. The van der Waals surface area contributed by atoms with E-state index >= 15 is 0 Å². The van der Waals surface area contributed by atoms with Gasteiger partial charge in [-0.15, -0.1) is 0 Å². The number of amides is 1. The normalized spacial score (nSPS) is 12.0. The molecule has 3 aromatic rings. The van der Waals surface area contributed by atoms with Crippen LogP contribution in [0.3, 0.4) is 0 Å². The number of carbonyl (C=O) groups is 1. The summed E-state index contributed by atoms with van der Waals surface area (Å²) in [6, 6.07) is 15.9. The van der Waals surface area contributed by atoms with E-state index in [2.05, 4.69) is 28.6 Å². The molecule has 5 heteroatoms. The summed E-state index contributed by atoms with van der Waals surface area (Å²) in [5.41, 5.74) is 3.30. The van der Waals surface area contributed by atoms with Crippen LogP contribution in [0, 0.1) is 6.92 Å². The summed E-state index contributed by atoms with van der Waals surface area (Å²) in [5.74, 6) is -0.124. The summed E-state index contributed by atoms with van der Waals surface area (Å²) in [7, 11) is 0. The number of nitrogens with zero attached hydrogens (tertiary/aromatic N) is 2. The van der Waals surface area contributed by atoms with Crippen LogP contribution >= 0.6 is 11.3 Å². The van der Waals surface area contributed by atoms with Gasteiger partial charge in [0.2, 0.25) is 0 Å². The molecule has 0 spiro atoms. The van der Waals surface area contributed by atoms with Crippen LogP contribution in [0.15, 0.2) is 53.5 Å². The first-order valence-corrected chi connectivity index (χ1v) is 9.29. The standard InChI is InChI=1S/C20H22N2O2S/c1-3-24-13-12-22-19-15(2)8-7-11-17(19)25-20(22)21-18(23)14-16-9-5-4-6-10-16/h4-11H,3,12-14H2,1-2H3. The lowest BCUT2D eigenvalue weighted by atomic mass is 10.1. The highest BCUT2D eigenvalue weighted by atomic mass is 32.1. The van der Waals surface area contributed by atoms with Gasteiger partial charge in [-0.3, -0.25) is 4.79 Å². The number of benzene rings is 2. The van der Waals surface area contributed by atoms with Crippen molar-refractivity contribution in [2.45, 2.75) is 26.8 Å². The number of fused-ring (bicyclic) bond motifs is 1. The van der Waals surface area contributed by atoms with Gasteiger partial charge in [0.15, 0.2) is 4.80 Å². The molecule has 1 amide bonds. The minimum Gasteiger partial charge on any atom is -0.380 e. The van der Waals surface area contributed by atoms with Gasteiger partial charge in [0.25, 0.3) is 5.91 Å². The highest BCUT2D eigenvalue weighted by Gasteiger charge is 2.10. The first kappa shape index (κ1) is 17.6. The van der Waals surface area contributed by atoms with Crippen molar-refractivity contribution < 1.29 is 9.53 Å². The Balaban J connectivity index is 1.97. The van der Waals surface area contributed by atoms with Crippen LogP contribution in [0.4, 0.5) is 0 Å². The topological polar surface area (TPSA) is 43.6 Å². The molecule has 1 aromatic heterocycles. The van der Waals surface area contributed by atoms with Gasteiger partial charge in [-0.05, 0) is 31.0 Å². The van der Waals surface area contributed by atoms with E-state index in [1.165, 1.54) is 5.56 Å². The predicted molar refractivity (Wildman–Crippen MR) is 102 cm³/mol. The molecule has 0 saturated carbocycles. The fourth-order valence-electron chi connectivity index (χ4n) is 2.82. The molecule has 130 valence electrons. The highest BCUT2D eigenvalue weighted by Crippen LogP contribution is 2.21. The molecule has 0 atom stereocenters. The molecule has 0 radical (unpaired) electrons. The summed E-state index contributed by atoms with van der Waals surface area (Å²) >= 11 is 1.55. The zero-order valence-electron chi connectivity index (χ0n) is 14.6. The van der Waals surface area contributed by atoms with Crippen molar-refractivity contribution in [1.29, 1.82) is 0 Å². The van der Waals surface area contributed by atoms with E-state index in [9.17, 15) is 4.79 Å². The molecular formula is C20H22N2O2S. The van der Waals surface area contributed by atoms with Crippen LogP contribution < -0.4 is 4.80 Å². The maximum Gasteiger partial charge on any atom is 0.252 e. The van der Waals surface area contributed by atoms with Gasteiger partial charge in [-0.1, -0.05) is 53.8 Å².